The van der Waals surface area contributed by atoms with Crippen LogP contribution in [0.5, 0.6) is 0 Å². The number of halogens is 1. The predicted octanol–water partition coefficient (Wildman–Crippen LogP) is 4.15. The van der Waals surface area contributed by atoms with E-state index in [1.807, 2.05) is 47.1 Å². The molecule has 0 bridgehead atoms. The molecule has 2 N–H and O–H groups in total. The second kappa shape index (κ2) is 9.73. The molecule has 6 nitrogen and oxygen atoms in total. The molecule has 0 unspecified atom stereocenters. The molecule has 1 fully saturated rings. The molecule has 0 atom stereocenters. The first kappa shape index (κ1) is 22.2. The zero-order chi connectivity index (χ0) is 23.5. The summed E-state index contributed by atoms with van der Waals surface area (Å²) in [7, 11) is 0. The van der Waals surface area contributed by atoms with E-state index in [-0.39, 0.29) is 11.7 Å². The highest BCUT2D eigenvalue weighted by Gasteiger charge is 2.21. The van der Waals surface area contributed by atoms with Crippen LogP contribution in [0.1, 0.15) is 35.4 Å². The van der Waals surface area contributed by atoms with Gasteiger partial charge in [-0.15, -0.1) is 0 Å². The summed E-state index contributed by atoms with van der Waals surface area (Å²) in [5.41, 5.74) is 5.05. The Morgan fingerprint density at radius 1 is 1.18 bits per heavy atom. The molecule has 4 aromatic rings. The number of nitrogens with one attached hydrogen (secondary N) is 2. The van der Waals surface area contributed by atoms with Crippen molar-refractivity contribution in [2.75, 3.05) is 26.2 Å². The van der Waals surface area contributed by atoms with Crippen molar-refractivity contribution in [1.29, 1.82) is 0 Å². The molecule has 0 radical (unpaired) electrons. The number of aromatic amines is 1. The number of H-pyrrole nitrogens is 1. The van der Waals surface area contributed by atoms with E-state index in [0.29, 0.717) is 17.9 Å². The highest BCUT2D eigenvalue weighted by molar-refractivity contribution is 5.89. The number of imidazole rings is 1. The maximum atomic E-state index is 13.8. The van der Waals surface area contributed by atoms with Crippen molar-refractivity contribution >= 4 is 11.4 Å². The highest BCUT2D eigenvalue weighted by atomic mass is 19.1. The summed E-state index contributed by atoms with van der Waals surface area (Å²) < 4.78 is 15.6. The number of hydrogen-bond acceptors (Lipinski definition) is 3. The Labute approximate surface area is 198 Å². The molecule has 1 aliphatic rings. The van der Waals surface area contributed by atoms with Gasteiger partial charge < -0.3 is 10.2 Å². The van der Waals surface area contributed by atoms with Gasteiger partial charge in [0.05, 0.1) is 11.9 Å². The average molecular weight is 459 g/mol. The number of likely N-dealkylation sites (tertiary alicyclic amines) is 1. The molecule has 34 heavy (non-hydrogen) atoms. The Kier molecular flexibility index (Phi) is 6.36. The van der Waals surface area contributed by atoms with E-state index in [4.69, 9.17) is 0 Å². The molecule has 1 aromatic carbocycles. The summed E-state index contributed by atoms with van der Waals surface area (Å²) in [6, 6.07) is 12.9. The first-order chi connectivity index (χ1) is 16.6. The Hall–Kier alpha value is -3.58. The summed E-state index contributed by atoms with van der Waals surface area (Å²) >= 11 is 0. The van der Waals surface area contributed by atoms with Crippen LogP contribution in [0.25, 0.3) is 27.9 Å². The summed E-state index contributed by atoms with van der Waals surface area (Å²) in [5.74, 6) is 0.162. The van der Waals surface area contributed by atoms with Gasteiger partial charge in [0.2, 0.25) is 0 Å². The highest BCUT2D eigenvalue weighted by Crippen LogP contribution is 2.31. The van der Waals surface area contributed by atoms with Gasteiger partial charge in [-0.3, -0.25) is 9.78 Å². The maximum Gasteiger partial charge on any atom is 0.350 e. The van der Waals surface area contributed by atoms with Crippen LogP contribution in [0.15, 0.2) is 61.1 Å². The Bertz CT molecular complexity index is 1330. The fourth-order valence-electron chi connectivity index (χ4n) is 4.64. The number of pyridine rings is 2. The number of aromatic nitrogens is 3. The molecular formula is C27H29FN5O+. The van der Waals surface area contributed by atoms with Crippen molar-refractivity contribution in [3.05, 3.63) is 78.3 Å². The van der Waals surface area contributed by atoms with Crippen LogP contribution in [-0.2, 0) is 0 Å². The fraction of sp³-hybridized carbons (Fsp3) is 0.296. The number of rotatable bonds is 7. The Morgan fingerprint density at radius 3 is 2.85 bits per heavy atom. The largest absolute Gasteiger partial charge is 0.350 e. The minimum Gasteiger partial charge on any atom is -0.345 e. The molecule has 0 saturated carbocycles. The molecule has 0 spiro atoms. The molecular weight excluding hydrogens is 429 g/mol. The van der Waals surface area contributed by atoms with Crippen molar-refractivity contribution in [2.45, 2.75) is 26.2 Å². The van der Waals surface area contributed by atoms with Gasteiger partial charge in [-0.1, -0.05) is 6.07 Å². The molecule has 5 rings (SSSR count). The molecule has 4 heterocycles. The molecule has 174 valence electrons. The van der Waals surface area contributed by atoms with E-state index in [1.165, 1.54) is 32.0 Å². The number of carbonyl (C=O) groups excluding carboxylic acids is 1. The first-order valence-corrected chi connectivity index (χ1v) is 11.9. The number of benzene rings is 1. The van der Waals surface area contributed by atoms with Gasteiger partial charge >= 0.3 is 11.7 Å². The van der Waals surface area contributed by atoms with E-state index in [0.717, 1.165) is 40.9 Å². The summed E-state index contributed by atoms with van der Waals surface area (Å²) in [4.78, 5) is 22.9. The predicted molar refractivity (Wildman–Crippen MR) is 130 cm³/mol. The Balaban J connectivity index is 1.35. The summed E-state index contributed by atoms with van der Waals surface area (Å²) in [6.07, 6.45) is 8.99. The van der Waals surface area contributed by atoms with Crippen LogP contribution >= 0.6 is 0 Å². The van der Waals surface area contributed by atoms with Crippen LogP contribution in [0, 0.1) is 12.7 Å². The maximum absolute atomic E-state index is 13.8. The van der Waals surface area contributed by atoms with Gasteiger partial charge in [-0.25, -0.2) is 9.37 Å². The smallest absolute Gasteiger partial charge is 0.345 e. The van der Waals surface area contributed by atoms with Crippen LogP contribution < -0.4 is 9.72 Å². The quantitative estimate of drug-likeness (QED) is 0.323. The molecule has 7 heteroatoms. The van der Waals surface area contributed by atoms with Crippen LogP contribution in [0.4, 0.5) is 4.39 Å². The van der Waals surface area contributed by atoms with Crippen molar-refractivity contribution < 1.29 is 13.6 Å². The third-order valence-electron chi connectivity index (χ3n) is 6.48. The van der Waals surface area contributed by atoms with Crippen LogP contribution in [-0.4, -0.2) is 47.0 Å². The third-order valence-corrected chi connectivity index (χ3v) is 6.48. The zero-order valence-electron chi connectivity index (χ0n) is 19.4. The number of hydrogen-bond donors (Lipinski definition) is 2. The first-order valence-electron chi connectivity index (χ1n) is 11.9. The second-order valence-electron chi connectivity index (χ2n) is 8.87. The van der Waals surface area contributed by atoms with Gasteiger partial charge in [-0.05, 0) is 93.3 Å². The topological polar surface area (TPSA) is 65.1 Å². The number of fused-ring (bicyclic) bond motifs is 1. The molecule has 0 aliphatic carbocycles. The lowest BCUT2D eigenvalue weighted by Crippen LogP contribution is -2.36. The van der Waals surface area contributed by atoms with Crippen LogP contribution in [0.2, 0.25) is 0 Å². The van der Waals surface area contributed by atoms with Crippen molar-refractivity contribution in [2.24, 2.45) is 0 Å². The average Bonchev–Trinajstić information content (AvgIpc) is 3.53. The molecule has 3 aromatic heterocycles. The summed E-state index contributed by atoms with van der Waals surface area (Å²) in [5, 5.41) is 3.03. The van der Waals surface area contributed by atoms with Gasteiger partial charge in [0.1, 0.15) is 12.0 Å². The Morgan fingerprint density at radius 2 is 2.03 bits per heavy atom. The molecule has 1 saturated heterocycles. The number of aryl methyl sites for hydroxylation is 1. The molecule has 1 amide bonds. The van der Waals surface area contributed by atoms with E-state index in [2.05, 4.69) is 20.2 Å². The lowest BCUT2D eigenvalue weighted by atomic mass is 9.99. The minimum absolute atomic E-state index is 0.113. The van der Waals surface area contributed by atoms with Gasteiger partial charge in [-0.2, -0.15) is 4.40 Å². The van der Waals surface area contributed by atoms with E-state index in [9.17, 15) is 9.18 Å². The van der Waals surface area contributed by atoms with E-state index < -0.39 is 0 Å². The van der Waals surface area contributed by atoms with Gasteiger partial charge in [0.15, 0.2) is 5.52 Å². The number of amides is 1. The SMILES string of the molecule is Cc1cc(-c2ncccc2-c2cc[n+]3c(C(=O)NCCCN4CCCC4)[nH]cc3c2)ccc1F. The third kappa shape index (κ3) is 4.56. The second-order valence-corrected chi connectivity index (χ2v) is 8.87. The number of carbonyl (C=O) groups is 1. The van der Waals surface area contributed by atoms with Crippen molar-refractivity contribution in [1.82, 2.24) is 20.2 Å². The minimum atomic E-state index is -0.228. The van der Waals surface area contributed by atoms with Crippen LogP contribution in [0.3, 0.4) is 0 Å². The zero-order valence-corrected chi connectivity index (χ0v) is 19.4. The normalized spacial score (nSPS) is 14.1. The standard InChI is InChI=1S/C27H28FN5O/c1-19-16-21(7-8-24(19)28)25-23(6-4-10-29-25)20-9-15-33-22(17-20)18-31-26(33)27(34)30-11-5-14-32-12-2-3-13-32/h4,6-10,15-18H,2-3,5,11-14H2,1H3,(H,30,34)/p+1. The lowest BCUT2D eigenvalue weighted by molar-refractivity contribution is -0.514. The van der Waals surface area contributed by atoms with E-state index >= 15 is 0 Å². The monoisotopic (exact) mass is 458 g/mol. The van der Waals surface area contributed by atoms with Gasteiger partial charge in [0, 0.05) is 23.9 Å². The summed E-state index contributed by atoms with van der Waals surface area (Å²) in [6.45, 7) is 5.79. The van der Waals surface area contributed by atoms with Crippen molar-refractivity contribution in [3.8, 4) is 22.4 Å². The van der Waals surface area contributed by atoms with Crippen molar-refractivity contribution in [3.63, 3.8) is 0 Å². The lowest BCUT2D eigenvalue weighted by Gasteiger charge is -2.13. The number of nitrogens with zero attached hydrogens (tertiary/aromatic N) is 3. The molecule has 1 aliphatic heterocycles. The van der Waals surface area contributed by atoms with E-state index in [1.54, 1.807) is 19.2 Å². The van der Waals surface area contributed by atoms with Gasteiger partial charge in [0.25, 0.3) is 0 Å². The fourth-order valence-corrected chi connectivity index (χ4v) is 4.64.